The van der Waals surface area contributed by atoms with E-state index >= 15 is 0 Å². The Labute approximate surface area is 166 Å². The minimum absolute atomic E-state index is 0.115. The summed E-state index contributed by atoms with van der Waals surface area (Å²) in [4.78, 5) is 28.2. The van der Waals surface area contributed by atoms with Crippen molar-refractivity contribution in [1.82, 2.24) is 0 Å². The van der Waals surface area contributed by atoms with Gasteiger partial charge in [0.05, 0.1) is 17.9 Å². The number of rotatable bonds is 4. The summed E-state index contributed by atoms with van der Waals surface area (Å²) in [5.74, 6) is -1.04. The Balaban J connectivity index is 1.86. The van der Waals surface area contributed by atoms with E-state index in [1.807, 2.05) is 36.4 Å². The number of hydrogen-bond acceptors (Lipinski definition) is 5. The molecule has 0 saturated heterocycles. The van der Waals surface area contributed by atoms with E-state index in [1.54, 1.807) is 37.3 Å². The number of carbonyl (C=O) groups is 2. The van der Waals surface area contributed by atoms with Crippen LogP contribution in [0.1, 0.15) is 27.6 Å². The monoisotopic (exact) mass is 386 g/mol. The molecule has 1 aromatic heterocycles. The second kappa shape index (κ2) is 7.59. The van der Waals surface area contributed by atoms with Crippen molar-refractivity contribution in [3.63, 3.8) is 0 Å². The van der Waals surface area contributed by atoms with Crippen LogP contribution in [-0.2, 0) is 4.74 Å². The van der Waals surface area contributed by atoms with Crippen molar-refractivity contribution in [3.8, 4) is 0 Å². The molecule has 2 N–H and O–H groups in total. The van der Waals surface area contributed by atoms with Crippen LogP contribution in [0.5, 0.6) is 0 Å². The fourth-order valence-corrected chi connectivity index (χ4v) is 3.14. The molecule has 29 heavy (non-hydrogen) atoms. The van der Waals surface area contributed by atoms with Crippen LogP contribution >= 0.6 is 0 Å². The Bertz CT molecular complexity index is 1300. The van der Waals surface area contributed by atoms with Crippen molar-refractivity contribution in [3.05, 3.63) is 83.4 Å². The van der Waals surface area contributed by atoms with E-state index in [1.165, 1.54) is 0 Å². The Morgan fingerprint density at radius 3 is 2.48 bits per heavy atom. The molecule has 0 fully saturated rings. The molecule has 0 saturated carbocycles. The summed E-state index contributed by atoms with van der Waals surface area (Å²) >= 11 is 0. The van der Waals surface area contributed by atoms with Crippen LogP contribution in [0.2, 0.25) is 0 Å². The summed E-state index contributed by atoms with van der Waals surface area (Å²) in [5.41, 5.74) is 7.41. The van der Waals surface area contributed by atoms with Crippen LogP contribution in [0.25, 0.3) is 21.7 Å². The maximum absolute atomic E-state index is 12.0. The van der Waals surface area contributed by atoms with E-state index in [2.05, 4.69) is 4.99 Å². The topological polar surface area (TPSA) is 94.9 Å². The first-order valence-corrected chi connectivity index (χ1v) is 9.14. The second-order valence-electron chi connectivity index (χ2n) is 6.41. The van der Waals surface area contributed by atoms with E-state index in [4.69, 9.17) is 14.9 Å². The molecule has 1 heterocycles. The van der Waals surface area contributed by atoms with Gasteiger partial charge in [-0.05, 0) is 54.1 Å². The maximum Gasteiger partial charge on any atom is 0.338 e. The SMILES string of the molecule is CCOC(=O)c1ccc(N=c2oc3ccc4ccccc4c3cc2C(N)=O)cc1. The van der Waals surface area contributed by atoms with E-state index in [9.17, 15) is 9.59 Å². The molecule has 6 heteroatoms. The molecule has 0 aliphatic carbocycles. The minimum Gasteiger partial charge on any atom is -0.462 e. The second-order valence-corrected chi connectivity index (χ2v) is 6.41. The van der Waals surface area contributed by atoms with Crippen molar-refractivity contribution in [2.45, 2.75) is 6.92 Å². The van der Waals surface area contributed by atoms with Crippen LogP contribution in [0.4, 0.5) is 5.69 Å². The third kappa shape index (κ3) is 3.60. The van der Waals surface area contributed by atoms with Gasteiger partial charge in [-0.2, -0.15) is 0 Å². The van der Waals surface area contributed by atoms with Gasteiger partial charge in [0.15, 0.2) is 0 Å². The van der Waals surface area contributed by atoms with Crippen LogP contribution in [0.3, 0.4) is 0 Å². The first kappa shape index (κ1) is 18.4. The number of fused-ring (bicyclic) bond motifs is 3. The summed E-state index contributed by atoms with van der Waals surface area (Å²) in [5, 5.41) is 2.78. The van der Waals surface area contributed by atoms with Gasteiger partial charge in [0.25, 0.3) is 5.91 Å². The third-order valence-corrected chi connectivity index (χ3v) is 4.53. The van der Waals surface area contributed by atoms with Crippen LogP contribution in [0.15, 0.2) is 76.1 Å². The molecule has 0 aliphatic rings. The fraction of sp³-hybridized carbons (Fsp3) is 0.0870. The quantitative estimate of drug-likeness (QED) is 0.422. The van der Waals surface area contributed by atoms with Gasteiger partial charge in [0.2, 0.25) is 5.55 Å². The number of amides is 1. The minimum atomic E-state index is -0.634. The molecule has 6 nitrogen and oxygen atoms in total. The molecular weight excluding hydrogens is 368 g/mol. The zero-order valence-electron chi connectivity index (χ0n) is 15.7. The van der Waals surface area contributed by atoms with Crippen LogP contribution in [-0.4, -0.2) is 18.5 Å². The van der Waals surface area contributed by atoms with Gasteiger partial charge in [-0.25, -0.2) is 9.79 Å². The number of benzene rings is 3. The molecule has 4 rings (SSSR count). The number of hydrogen-bond donors (Lipinski definition) is 1. The van der Waals surface area contributed by atoms with Crippen molar-refractivity contribution in [2.75, 3.05) is 6.61 Å². The van der Waals surface area contributed by atoms with E-state index in [0.29, 0.717) is 23.4 Å². The molecule has 0 spiro atoms. The Kier molecular flexibility index (Phi) is 4.83. The maximum atomic E-state index is 12.0. The lowest BCUT2D eigenvalue weighted by Crippen LogP contribution is -2.21. The van der Waals surface area contributed by atoms with Gasteiger partial charge in [0, 0.05) is 5.39 Å². The smallest absolute Gasteiger partial charge is 0.338 e. The standard InChI is InChI=1S/C23H18N2O4/c1-2-28-23(27)15-7-10-16(11-8-15)25-22-19(21(24)26)13-18-17-6-4-3-5-14(17)9-12-20(18)29-22/h3-13H,2H2,1H3,(H2,24,26). The van der Waals surface area contributed by atoms with Gasteiger partial charge in [-0.1, -0.05) is 30.3 Å². The number of nitrogens with two attached hydrogens (primary N) is 1. The lowest BCUT2D eigenvalue weighted by atomic mass is 10.0. The summed E-state index contributed by atoms with van der Waals surface area (Å²) in [7, 11) is 0. The van der Waals surface area contributed by atoms with Crippen molar-refractivity contribution in [1.29, 1.82) is 0 Å². The van der Waals surface area contributed by atoms with Crippen molar-refractivity contribution < 1.29 is 18.7 Å². The highest BCUT2D eigenvalue weighted by Gasteiger charge is 2.12. The number of carbonyl (C=O) groups excluding carboxylic acids is 2. The normalized spacial score (nSPS) is 11.7. The van der Waals surface area contributed by atoms with Crippen LogP contribution < -0.4 is 11.3 Å². The van der Waals surface area contributed by atoms with Crippen LogP contribution in [0, 0.1) is 0 Å². The number of ether oxygens (including phenoxy) is 1. The Morgan fingerprint density at radius 2 is 1.76 bits per heavy atom. The lowest BCUT2D eigenvalue weighted by Gasteiger charge is -2.06. The largest absolute Gasteiger partial charge is 0.462 e. The number of nitrogens with zero attached hydrogens (tertiary/aromatic N) is 1. The predicted molar refractivity (Wildman–Crippen MR) is 110 cm³/mol. The molecule has 0 aliphatic heterocycles. The average Bonchev–Trinajstić information content (AvgIpc) is 2.73. The van der Waals surface area contributed by atoms with Crippen molar-refractivity contribution >= 4 is 39.3 Å². The van der Waals surface area contributed by atoms with E-state index < -0.39 is 11.9 Å². The molecule has 3 aromatic carbocycles. The fourth-order valence-electron chi connectivity index (χ4n) is 3.14. The Hall–Kier alpha value is -3.93. The summed E-state index contributed by atoms with van der Waals surface area (Å²) < 4.78 is 10.9. The van der Waals surface area contributed by atoms with Gasteiger partial charge in [-0.3, -0.25) is 4.79 Å². The predicted octanol–water partition coefficient (Wildman–Crippen LogP) is 4.09. The lowest BCUT2D eigenvalue weighted by molar-refractivity contribution is 0.0526. The zero-order chi connectivity index (χ0) is 20.4. The molecule has 4 aromatic rings. The molecular formula is C23H18N2O4. The highest BCUT2D eigenvalue weighted by atomic mass is 16.5. The molecule has 144 valence electrons. The molecule has 0 atom stereocenters. The molecule has 0 radical (unpaired) electrons. The van der Waals surface area contributed by atoms with Gasteiger partial charge in [-0.15, -0.1) is 0 Å². The van der Waals surface area contributed by atoms with E-state index in [0.717, 1.165) is 16.2 Å². The van der Waals surface area contributed by atoms with Crippen molar-refractivity contribution in [2.24, 2.45) is 10.7 Å². The van der Waals surface area contributed by atoms with Gasteiger partial charge >= 0.3 is 5.97 Å². The van der Waals surface area contributed by atoms with Gasteiger partial charge in [0.1, 0.15) is 11.1 Å². The van der Waals surface area contributed by atoms with Gasteiger partial charge < -0.3 is 14.9 Å². The summed E-state index contributed by atoms with van der Waals surface area (Å²) in [6, 6.07) is 19.8. The highest BCUT2D eigenvalue weighted by Crippen LogP contribution is 2.25. The number of esters is 1. The average molecular weight is 386 g/mol. The molecule has 0 bridgehead atoms. The molecule has 1 amide bonds. The summed E-state index contributed by atoms with van der Waals surface area (Å²) in [6.07, 6.45) is 0. The Morgan fingerprint density at radius 1 is 1.00 bits per heavy atom. The first-order chi connectivity index (χ1) is 14.1. The van der Waals surface area contributed by atoms with E-state index in [-0.39, 0.29) is 11.1 Å². The summed E-state index contributed by atoms with van der Waals surface area (Å²) in [6.45, 7) is 2.05. The first-order valence-electron chi connectivity index (χ1n) is 9.14. The molecule has 0 unspecified atom stereocenters. The number of primary amides is 1. The zero-order valence-corrected chi connectivity index (χ0v) is 15.7. The highest BCUT2D eigenvalue weighted by molar-refractivity contribution is 6.07. The third-order valence-electron chi connectivity index (χ3n) is 4.53.